The van der Waals surface area contributed by atoms with Gasteiger partial charge >= 0.3 is 0 Å². The lowest BCUT2D eigenvalue weighted by molar-refractivity contribution is 0.129. The second-order valence-electron chi connectivity index (χ2n) is 10.9. The molecule has 8 nitrogen and oxygen atoms in total. The first-order valence-corrected chi connectivity index (χ1v) is 12.9. The normalized spacial score (nSPS) is 24.7. The smallest absolute Gasteiger partial charge is 0.158 e. The third-order valence-electron chi connectivity index (χ3n) is 8.59. The molecule has 7 heterocycles. The number of hydrogen-bond donors (Lipinski definition) is 1. The Labute approximate surface area is 205 Å². The molecule has 0 aliphatic carbocycles. The number of aromatic amines is 1. The van der Waals surface area contributed by atoms with Crippen LogP contribution in [0.4, 0.5) is 5.82 Å². The number of aromatic nitrogens is 5. The number of hydrogen-bond acceptors (Lipinski definition) is 6. The molecule has 7 rings (SSSR count). The van der Waals surface area contributed by atoms with E-state index in [0.29, 0.717) is 24.0 Å². The van der Waals surface area contributed by atoms with Crippen LogP contribution in [0.2, 0.25) is 0 Å². The zero-order chi connectivity index (χ0) is 23.8. The van der Waals surface area contributed by atoms with Crippen LogP contribution in [0.3, 0.4) is 0 Å². The summed E-state index contributed by atoms with van der Waals surface area (Å²) in [6, 6.07) is 6.20. The van der Waals surface area contributed by atoms with Gasteiger partial charge in [-0.05, 0) is 55.9 Å². The molecule has 3 aliphatic rings. The van der Waals surface area contributed by atoms with Crippen LogP contribution in [0.1, 0.15) is 49.3 Å². The van der Waals surface area contributed by atoms with Gasteiger partial charge in [0, 0.05) is 55.1 Å². The second kappa shape index (κ2) is 7.77. The van der Waals surface area contributed by atoms with E-state index >= 15 is 0 Å². The number of likely N-dealkylation sites (tertiary alicyclic amines) is 1. The first-order valence-electron chi connectivity index (χ1n) is 12.9. The summed E-state index contributed by atoms with van der Waals surface area (Å²) in [5.74, 6) is 1.44. The summed E-state index contributed by atoms with van der Waals surface area (Å²) >= 11 is 0. The average Bonchev–Trinajstić information content (AvgIpc) is 3.67. The van der Waals surface area contributed by atoms with Gasteiger partial charge in [-0.15, -0.1) is 0 Å². The summed E-state index contributed by atoms with van der Waals surface area (Å²) in [5.41, 5.74) is 9.07. The largest absolute Gasteiger partial charge is 0.380 e. The standard InChI is InChI=1S/C27H33N7O/c1-15(2)24-25(21-12-34-27(28-14-29-34)17(4)16(21)3)30-22-5-6-23(31-26(22)24)33-11-19-9-20(33)10-32(19)18-7-8-35-13-18/h5-6,12,14-15,18-20,30H,7-11,13H2,1-4H3/t18?,19-,20-/m0/s1. The van der Waals surface area contributed by atoms with E-state index in [1.807, 2.05) is 4.52 Å². The van der Waals surface area contributed by atoms with Crippen LogP contribution < -0.4 is 4.90 Å². The Morgan fingerprint density at radius 3 is 2.71 bits per heavy atom. The van der Waals surface area contributed by atoms with Crippen molar-refractivity contribution in [3.05, 3.63) is 41.3 Å². The first kappa shape index (κ1) is 21.3. The van der Waals surface area contributed by atoms with Gasteiger partial charge in [-0.2, -0.15) is 5.10 Å². The van der Waals surface area contributed by atoms with Crippen molar-refractivity contribution in [2.24, 2.45) is 0 Å². The van der Waals surface area contributed by atoms with Gasteiger partial charge in [-0.1, -0.05) is 13.8 Å². The molecule has 2 bridgehead atoms. The van der Waals surface area contributed by atoms with E-state index in [4.69, 9.17) is 9.72 Å². The Morgan fingerprint density at radius 2 is 1.97 bits per heavy atom. The summed E-state index contributed by atoms with van der Waals surface area (Å²) in [6.07, 6.45) is 6.14. The third-order valence-corrected chi connectivity index (χ3v) is 8.59. The van der Waals surface area contributed by atoms with Crippen molar-refractivity contribution in [1.29, 1.82) is 0 Å². The summed E-state index contributed by atoms with van der Waals surface area (Å²) in [4.78, 5) is 18.7. The number of pyridine rings is 2. The van der Waals surface area contributed by atoms with Gasteiger partial charge in [0.15, 0.2) is 5.65 Å². The minimum atomic E-state index is 0.334. The van der Waals surface area contributed by atoms with Crippen LogP contribution in [0, 0.1) is 13.8 Å². The molecule has 0 radical (unpaired) electrons. The Kier molecular flexibility index (Phi) is 4.73. The highest BCUT2D eigenvalue weighted by Gasteiger charge is 2.46. The van der Waals surface area contributed by atoms with Gasteiger partial charge in [-0.25, -0.2) is 14.5 Å². The van der Waals surface area contributed by atoms with Gasteiger partial charge in [0.25, 0.3) is 0 Å². The molecule has 35 heavy (non-hydrogen) atoms. The van der Waals surface area contributed by atoms with Crippen molar-refractivity contribution in [2.45, 2.75) is 64.6 Å². The van der Waals surface area contributed by atoms with Gasteiger partial charge in [0.1, 0.15) is 12.1 Å². The van der Waals surface area contributed by atoms with E-state index in [0.717, 1.165) is 60.1 Å². The van der Waals surface area contributed by atoms with Crippen LogP contribution >= 0.6 is 0 Å². The fraction of sp³-hybridized carbons (Fsp3) is 0.519. The van der Waals surface area contributed by atoms with Crippen LogP contribution in [-0.4, -0.2) is 73.9 Å². The van der Waals surface area contributed by atoms with Crippen LogP contribution in [0.5, 0.6) is 0 Å². The van der Waals surface area contributed by atoms with Gasteiger partial charge in [0.2, 0.25) is 0 Å². The summed E-state index contributed by atoms with van der Waals surface area (Å²) in [6.45, 7) is 12.8. The number of piperazine rings is 1. The Hall–Kier alpha value is -2.97. The zero-order valence-electron chi connectivity index (χ0n) is 21.0. The summed E-state index contributed by atoms with van der Waals surface area (Å²) in [7, 11) is 0. The lowest BCUT2D eigenvalue weighted by atomic mass is 9.95. The van der Waals surface area contributed by atoms with E-state index in [9.17, 15) is 0 Å². The van der Waals surface area contributed by atoms with Gasteiger partial charge in [-0.3, -0.25) is 4.90 Å². The average molecular weight is 472 g/mol. The molecule has 182 valence electrons. The van der Waals surface area contributed by atoms with Gasteiger partial charge in [0.05, 0.1) is 23.3 Å². The number of nitrogens with zero attached hydrogens (tertiary/aromatic N) is 6. The monoisotopic (exact) mass is 471 g/mol. The van der Waals surface area contributed by atoms with Gasteiger partial charge < -0.3 is 14.6 Å². The molecule has 8 heteroatoms. The number of H-pyrrole nitrogens is 1. The molecule has 0 saturated carbocycles. The molecule has 1 N–H and O–H groups in total. The maximum atomic E-state index is 5.67. The molecule has 3 saturated heterocycles. The van der Waals surface area contributed by atoms with Crippen molar-refractivity contribution in [1.82, 2.24) is 29.5 Å². The zero-order valence-corrected chi connectivity index (χ0v) is 21.0. The van der Waals surface area contributed by atoms with Crippen molar-refractivity contribution in [3.8, 4) is 11.3 Å². The Bertz CT molecular complexity index is 1430. The van der Waals surface area contributed by atoms with E-state index in [1.165, 1.54) is 29.5 Å². The fourth-order valence-corrected chi connectivity index (χ4v) is 6.67. The molecule has 0 aromatic carbocycles. The molecule has 0 amide bonds. The molecule has 1 unspecified atom stereocenters. The number of nitrogens with one attached hydrogen (secondary N) is 1. The fourth-order valence-electron chi connectivity index (χ4n) is 6.67. The summed E-state index contributed by atoms with van der Waals surface area (Å²) < 4.78 is 7.55. The third kappa shape index (κ3) is 3.16. The molecular weight excluding hydrogens is 438 g/mol. The number of ether oxygens (including phenoxy) is 1. The van der Waals surface area contributed by atoms with Crippen LogP contribution in [0.15, 0.2) is 24.7 Å². The van der Waals surface area contributed by atoms with E-state index in [1.54, 1.807) is 6.33 Å². The highest BCUT2D eigenvalue weighted by atomic mass is 16.5. The lowest BCUT2D eigenvalue weighted by Gasteiger charge is -2.37. The maximum absolute atomic E-state index is 5.67. The Morgan fingerprint density at radius 1 is 1.09 bits per heavy atom. The number of anilines is 1. The molecule has 4 aromatic rings. The topological polar surface area (TPSA) is 74.6 Å². The van der Waals surface area contributed by atoms with Crippen molar-refractivity contribution in [2.75, 3.05) is 31.2 Å². The van der Waals surface area contributed by atoms with E-state index in [2.05, 4.69) is 70.9 Å². The van der Waals surface area contributed by atoms with Crippen molar-refractivity contribution >= 4 is 22.5 Å². The number of aryl methyl sites for hydroxylation is 1. The second-order valence-corrected chi connectivity index (χ2v) is 10.9. The lowest BCUT2D eigenvalue weighted by Crippen LogP contribution is -2.50. The van der Waals surface area contributed by atoms with Crippen LogP contribution in [-0.2, 0) is 4.74 Å². The maximum Gasteiger partial charge on any atom is 0.158 e. The number of fused-ring (bicyclic) bond motifs is 4. The molecule has 0 spiro atoms. The number of rotatable bonds is 4. The Balaban J connectivity index is 1.28. The predicted molar refractivity (Wildman–Crippen MR) is 137 cm³/mol. The highest BCUT2D eigenvalue weighted by molar-refractivity contribution is 5.90. The molecule has 3 fully saturated rings. The molecular formula is C27H33N7O. The van der Waals surface area contributed by atoms with Crippen molar-refractivity contribution < 1.29 is 4.74 Å². The SMILES string of the molecule is Cc1c(-c2[nH]c3ccc(N4C[C@@H]5C[C@H]4CN5C4CCOC4)nc3c2C(C)C)cn2ncnc2c1C. The van der Waals surface area contributed by atoms with E-state index in [-0.39, 0.29) is 0 Å². The van der Waals surface area contributed by atoms with Crippen LogP contribution in [0.25, 0.3) is 27.9 Å². The quantitative estimate of drug-likeness (QED) is 0.484. The summed E-state index contributed by atoms with van der Waals surface area (Å²) in [5, 5.41) is 4.42. The highest BCUT2D eigenvalue weighted by Crippen LogP contribution is 2.40. The minimum Gasteiger partial charge on any atom is -0.380 e. The molecule has 3 aliphatic heterocycles. The predicted octanol–water partition coefficient (Wildman–Crippen LogP) is 4.06. The first-order chi connectivity index (χ1) is 17.0. The molecule has 4 aromatic heterocycles. The van der Waals surface area contributed by atoms with Crippen molar-refractivity contribution in [3.63, 3.8) is 0 Å². The molecule has 3 atom stereocenters. The minimum absolute atomic E-state index is 0.334. The van der Waals surface area contributed by atoms with E-state index < -0.39 is 0 Å².